The Morgan fingerprint density at radius 3 is 2.58 bits per heavy atom. The van der Waals surface area contributed by atoms with Crippen molar-refractivity contribution in [1.82, 2.24) is 4.98 Å². The van der Waals surface area contributed by atoms with Gasteiger partial charge in [0.15, 0.2) is 11.6 Å². The Bertz CT molecular complexity index is 948. The van der Waals surface area contributed by atoms with E-state index in [0.717, 1.165) is 10.9 Å². The molecule has 0 spiro atoms. The Kier molecular flexibility index (Phi) is 5.11. The number of nitrogens with one attached hydrogen (secondary N) is 1. The summed E-state index contributed by atoms with van der Waals surface area (Å²) in [7, 11) is 1.40. The minimum absolute atomic E-state index is 0.140. The molecule has 136 valence electrons. The summed E-state index contributed by atoms with van der Waals surface area (Å²) >= 11 is 0. The van der Waals surface area contributed by atoms with Crippen LogP contribution in [0.15, 0.2) is 36.4 Å². The van der Waals surface area contributed by atoms with Crippen LogP contribution in [-0.4, -0.2) is 31.3 Å². The minimum Gasteiger partial charge on any atom is -0.494 e. The standard InChI is InChI=1S/C20H20FNO4/c1-4-25-13-7-8-16-14(11-13)18(19(22-16)20(23)26-5-2)12-6-9-17(24-3)15(21)10-12/h6-11,22H,4-5H2,1-3H3. The van der Waals surface area contributed by atoms with Crippen LogP contribution in [0.5, 0.6) is 11.5 Å². The van der Waals surface area contributed by atoms with Crippen molar-refractivity contribution < 1.29 is 23.4 Å². The molecular weight excluding hydrogens is 337 g/mol. The second-order valence-corrected chi connectivity index (χ2v) is 5.59. The number of fused-ring (bicyclic) bond motifs is 1. The van der Waals surface area contributed by atoms with Crippen LogP contribution in [0.25, 0.3) is 22.0 Å². The zero-order valence-electron chi connectivity index (χ0n) is 14.9. The van der Waals surface area contributed by atoms with Gasteiger partial charge in [0, 0.05) is 16.5 Å². The van der Waals surface area contributed by atoms with Crippen molar-refractivity contribution in [1.29, 1.82) is 0 Å². The molecule has 1 heterocycles. The highest BCUT2D eigenvalue weighted by atomic mass is 19.1. The van der Waals surface area contributed by atoms with Gasteiger partial charge in [0.1, 0.15) is 11.4 Å². The summed E-state index contributed by atoms with van der Waals surface area (Å²) in [6, 6.07) is 10.1. The average Bonchev–Trinajstić information content (AvgIpc) is 3.01. The van der Waals surface area contributed by atoms with Crippen molar-refractivity contribution in [2.24, 2.45) is 0 Å². The first-order chi connectivity index (χ1) is 12.6. The number of ether oxygens (including phenoxy) is 3. The van der Waals surface area contributed by atoms with Gasteiger partial charge >= 0.3 is 5.97 Å². The number of H-pyrrole nitrogens is 1. The summed E-state index contributed by atoms with van der Waals surface area (Å²) in [5.41, 5.74) is 2.13. The molecule has 0 aliphatic carbocycles. The van der Waals surface area contributed by atoms with Crippen molar-refractivity contribution in [2.45, 2.75) is 13.8 Å². The van der Waals surface area contributed by atoms with Gasteiger partial charge in [-0.05, 0) is 49.7 Å². The van der Waals surface area contributed by atoms with Gasteiger partial charge in [0.2, 0.25) is 0 Å². The SMILES string of the molecule is CCOC(=O)c1[nH]c2ccc(OCC)cc2c1-c1ccc(OC)c(F)c1. The molecule has 0 aliphatic rings. The first kappa shape index (κ1) is 17.8. The second-order valence-electron chi connectivity index (χ2n) is 5.59. The van der Waals surface area contributed by atoms with E-state index >= 15 is 0 Å². The smallest absolute Gasteiger partial charge is 0.355 e. The van der Waals surface area contributed by atoms with Crippen molar-refractivity contribution >= 4 is 16.9 Å². The van der Waals surface area contributed by atoms with E-state index in [0.29, 0.717) is 23.5 Å². The topological polar surface area (TPSA) is 60.6 Å². The summed E-state index contributed by atoms with van der Waals surface area (Å²) in [6.45, 7) is 4.40. The molecule has 0 aliphatic heterocycles. The van der Waals surface area contributed by atoms with Crippen molar-refractivity contribution in [2.75, 3.05) is 20.3 Å². The van der Waals surface area contributed by atoms with Crippen LogP contribution >= 0.6 is 0 Å². The monoisotopic (exact) mass is 357 g/mol. The fourth-order valence-electron chi connectivity index (χ4n) is 2.91. The summed E-state index contributed by atoms with van der Waals surface area (Å²) in [5.74, 6) is -0.186. The molecule has 0 atom stereocenters. The lowest BCUT2D eigenvalue weighted by Gasteiger charge is -2.08. The number of methoxy groups -OCH3 is 1. The molecule has 1 N–H and O–H groups in total. The van der Waals surface area contributed by atoms with Gasteiger partial charge in [-0.2, -0.15) is 0 Å². The molecule has 0 unspecified atom stereocenters. The highest BCUT2D eigenvalue weighted by molar-refractivity contribution is 6.08. The van der Waals surface area contributed by atoms with E-state index in [1.54, 1.807) is 13.0 Å². The van der Waals surface area contributed by atoms with E-state index in [2.05, 4.69) is 4.98 Å². The predicted molar refractivity (Wildman–Crippen MR) is 97.4 cm³/mol. The molecule has 6 heteroatoms. The summed E-state index contributed by atoms with van der Waals surface area (Å²) in [5, 5.41) is 0.753. The van der Waals surface area contributed by atoms with Gasteiger partial charge in [0.25, 0.3) is 0 Å². The highest BCUT2D eigenvalue weighted by Crippen LogP contribution is 2.36. The van der Waals surface area contributed by atoms with Crippen LogP contribution in [-0.2, 0) is 4.74 Å². The molecule has 0 radical (unpaired) electrons. The lowest BCUT2D eigenvalue weighted by atomic mass is 10.0. The highest BCUT2D eigenvalue weighted by Gasteiger charge is 2.21. The fourth-order valence-corrected chi connectivity index (χ4v) is 2.91. The van der Waals surface area contributed by atoms with Gasteiger partial charge in [-0.3, -0.25) is 0 Å². The number of aromatic amines is 1. The molecular formula is C20H20FNO4. The van der Waals surface area contributed by atoms with Crippen LogP contribution in [0, 0.1) is 5.82 Å². The van der Waals surface area contributed by atoms with Crippen LogP contribution in [0.2, 0.25) is 0 Å². The Morgan fingerprint density at radius 1 is 1.12 bits per heavy atom. The Labute approximate surface area is 150 Å². The quantitative estimate of drug-likeness (QED) is 0.657. The number of esters is 1. The number of halogens is 1. The molecule has 5 nitrogen and oxygen atoms in total. The van der Waals surface area contributed by atoms with E-state index in [-0.39, 0.29) is 18.1 Å². The van der Waals surface area contributed by atoms with Crippen LogP contribution in [0.3, 0.4) is 0 Å². The van der Waals surface area contributed by atoms with Crippen molar-refractivity contribution in [3.8, 4) is 22.6 Å². The van der Waals surface area contributed by atoms with Gasteiger partial charge in [0.05, 0.1) is 20.3 Å². The number of benzene rings is 2. The van der Waals surface area contributed by atoms with E-state index in [4.69, 9.17) is 14.2 Å². The number of carbonyl (C=O) groups excluding carboxylic acids is 1. The lowest BCUT2D eigenvalue weighted by molar-refractivity contribution is 0.0521. The van der Waals surface area contributed by atoms with Crippen molar-refractivity contribution in [3.05, 3.63) is 47.9 Å². The Hall–Kier alpha value is -3.02. The summed E-state index contributed by atoms with van der Waals surface area (Å²) in [4.78, 5) is 15.5. The second kappa shape index (κ2) is 7.47. The molecule has 0 saturated heterocycles. The van der Waals surface area contributed by atoms with E-state index < -0.39 is 11.8 Å². The molecule has 2 aromatic carbocycles. The maximum Gasteiger partial charge on any atom is 0.355 e. The molecule has 1 aromatic heterocycles. The third-order valence-electron chi connectivity index (χ3n) is 4.00. The Balaban J connectivity index is 2.24. The normalized spacial score (nSPS) is 10.8. The largest absolute Gasteiger partial charge is 0.494 e. The van der Waals surface area contributed by atoms with Gasteiger partial charge < -0.3 is 19.2 Å². The lowest BCUT2D eigenvalue weighted by Crippen LogP contribution is -2.06. The van der Waals surface area contributed by atoms with Gasteiger partial charge in [-0.25, -0.2) is 9.18 Å². The molecule has 3 aromatic rings. The molecule has 0 saturated carbocycles. The van der Waals surface area contributed by atoms with E-state index in [1.807, 2.05) is 25.1 Å². The third-order valence-corrected chi connectivity index (χ3v) is 4.00. The summed E-state index contributed by atoms with van der Waals surface area (Å²) in [6.07, 6.45) is 0. The molecule has 0 bridgehead atoms. The number of rotatable bonds is 6. The van der Waals surface area contributed by atoms with Crippen LogP contribution in [0.1, 0.15) is 24.3 Å². The molecule has 0 fully saturated rings. The van der Waals surface area contributed by atoms with Gasteiger partial charge in [-0.1, -0.05) is 6.07 Å². The first-order valence-corrected chi connectivity index (χ1v) is 8.38. The number of hydrogen-bond donors (Lipinski definition) is 1. The Morgan fingerprint density at radius 2 is 1.92 bits per heavy atom. The minimum atomic E-state index is -0.505. The molecule has 0 amide bonds. The average molecular weight is 357 g/mol. The number of aromatic nitrogens is 1. The predicted octanol–water partition coefficient (Wildman–Crippen LogP) is 4.56. The first-order valence-electron chi connectivity index (χ1n) is 8.38. The zero-order chi connectivity index (χ0) is 18.7. The molecule has 26 heavy (non-hydrogen) atoms. The van der Waals surface area contributed by atoms with E-state index in [1.165, 1.54) is 19.2 Å². The number of hydrogen-bond acceptors (Lipinski definition) is 4. The zero-order valence-corrected chi connectivity index (χ0v) is 14.9. The third kappa shape index (κ3) is 3.22. The van der Waals surface area contributed by atoms with Crippen LogP contribution < -0.4 is 9.47 Å². The maximum atomic E-state index is 14.2. The van der Waals surface area contributed by atoms with Gasteiger partial charge in [-0.15, -0.1) is 0 Å². The van der Waals surface area contributed by atoms with Crippen LogP contribution in [0.4, 0.5) is 4.39 Å². The number of carbonyl (C=O) groups is 1. The fraction of sp³-hybridized carbons (Fsp3) is 0.250. The summed E-state index contributed by atoms with van der Waals surface area (Å²) < 4.78 is 29.9. The molecule has 3 rings (SSSR count). The maximum absolute atomic E-state index is 14.2. The van der Waals surface area contributed by atoms with E-state index in [9.17, 15) is 9.18 Å². The van der Waals surface area contributed by atoms with Crippen molar-refractivity contribution in [3.63, 3.8) is 0 Å².